The van der Waals surface area contributed by atoms with Gasteiger partial charge in [0.1, 0.15) is 6.61 Å². The van der Waals surface area contributed by atoms with Crippen LogP contribution < -0.4 is 0 Å². The number of benzene rings is 2. The SMILES string of the molecule is Cc1ccccc1/C=C/C(=O)OCCN1C(=O)c2ccccc2C1=O. The quantitative estimate of drug-likeness (QED) is 0.479. The van der Waals surface area contributed by atoms with Gasteiger partial charge in [-0.2, -0.15) is 0 Å². The second-order valence-corrected chi connectivity index (χ2v) is 5.66. The molecule has 0 saturated heterocycles. The minimum Gasteiger partial charge on any atom is -0.461 e. The molecule has 3 rings (SSSR count). The van der Waals surface area contributed by atoms with Gasteiger partial charge in [-0.15, -0.1) is 0 Å². The van der Waals surface area contributed by atoms with Crippen LogP contribution in [0.15, 0.2) is 54.6 Å². The number of rotatable bonds is 5. The first-order valence-corrected chi connectivity index (χ1v) is 7.93. The maximum Gasteiger partial charge on any atom is 0.330 e. The van der Waals surface area contributed by atoms with E-state index in [2.05, 4.69) is 0 Å². The largest absolute Gasteiger partial charge is 0.461 e. The summed E-state index contributed by atoms with van der Waals surface area (Å²) in [5.74, 6) is -1.22. The van der Waals surface area contributed by atoms with Crippen LogP contribution in [0.3, 0.4) is 0 Å². The molecule has 126 valence electrons. The fourth-order valence-corrected chi connectivity index (χ4v) is 2.66. The zero-order valence-electron chi connectivity index (χ0n) is 13.8. The van der Waals surface area contributed by atoms with Gasteiger partial charge in [-0.1, -0.05) is 36.4 Å². The molecule has 5 nitrogen and oxygen atoms in total. The number of esters is 1. The Morgan fingerprint density at radius 3 is 2.24 bits per heavy atom. The fourth-order valence-electron chi connectivity index (χ4n) is 2.66. The number of imide groups is 1. The number of aryl methyl sites for hydroxylation is 1. The molecule has 0 radical (unpaired) electrons. The van der Waals surface area contributed by atoms with Gasteiger partial charge in [0.25, 0.3) is 11.8 Å². The van der Waals surface area contributed by atoms with Crippen molar-refractivity contribution in [3.8, 4) is 0 Å². The fraction of sp³-hybridized carbons (Fsp3) is 0.150. The first kappa shape index (κ1) is 16.6. The molecule has 0 fully saturated rings. The molecule has 0 N–H and O–H groups in total. The van der Waals surface area contributed by atoms with Crippen LogP contribution >= 0.6 is 0 Å². The third kappa shape index (κ3) is 3.50. The summed E-state index contributed by atoms with van der Waals surface area (Å²) in [6, 6.07) is 14.3. The zero-order valence-corrected chi connectivity index (χ0v) is 13.8. The molecule has 2 aromatic carbocycles. The molecule has 0 bridgehead atoms. The second kappa shape index (κ2) is 7.13. The van der Waals surface area contributed by atoms with Crippen LogP contribution in [-0.2, 0) is 9.53 Å². The maximum absolute atomic E-state index is 12.2. The van der Waals surface area contributed by atoms with Crippen molar-refractivity contribution < 1.29 is 19.1 Å². The van der Waals surface area contributed by atoms with Gasteiger partial charge in [-0.25, -0.2) is 4.79 Å². The van der Waals surface area contributed by atoms with Gasteiger partial charge in [0.2, 0.25) is 0 Å². The first-order valence-electron chi connectivity index (χ1n) is 7.93. The van der Waals surface area contributed by atoms with Gasteiger partial charge in [0.05, 0.1) is 17.7 Å². The van der Waals surface area contributed by atoms with Crippen LogP contribution in [0.5, 0.6) is 0 Å². The average molecular weight is 335 g/mol. The molecular formula is C20H17NO4. The van der Waals surface area contributed by atoms with Crippen molar-refractivity contribution >= 4 is 23.9 Å². The van der Waals surface area contributed by atoms with E-state index in [9.17, 15) is 14.4 Å². The predicted octanol–water partition coefficient (Wildman–Crippen LogP) is 2.85. The van der Waals surface area contributed by atoms with Crippen LogP contribution in [0.1, 0.15) is 31.8 Å². The average Bonchev–Trinajstić information content (AvgIpc) is 2.86. The molecule has 0 saturated carbocycles. The van der Waals surface area contributed by atoms with Gasteiger partial charge < -0.3 is 4.74 Å². The van der Waals surface area contributed by atoms with Crippen molar-refractivity contribution in [2.75, 3.05) is 13.2 Å². The minimum absolute atomic E-state index is 0.0380. The van der Waals surface area contributed by atoms with Crippen molar-refractivity contribution in [3.05, 3.63) is 76.9 Å². The smallest absolute Gasteiger partial charge is 0.330 e. The van der Waals surface area contributed by atoms with Gasteiger partial charge in [0.15, 0.2) is 0 Å². The lowest BCUT2D eigenvalue weighted by Gasteiger charge is -2.13. The minimum atomic E-state index is -0.514. The standard InChI is InChI=1S/C20H17NO4/c1-14-6-2-3-7-15(14)10-11-18(22)25-13-12-21-19(23)16-8-4-5-9-17(16)20(21)24/h2-11H,12-13H2,1H3/b11-10+. The Bertz CT molecular complexity index is 835. The third-order valence-electron chi connectivity index (χ3n) is 4.02. The molecule has 2 amide bonds. The predicted molar refractivity (Wildman–Crippen MR) is 93.0 cm³/mol. The lowest BCUT2D eigenvalue weighted by molar-refractivity contribution is -0.137. The summed E-state index contributed by atoms with van der Waals surface area (Å²) >= 11 is 0. The van der Waals surface area contributed by atoms with E-state index in [1.807, 2.05) is 31.2 Å². The molecule has 0 aromatic heterocycles. The topological polar surface area (TPSA) is 63.7 Å². The van der Waals surface area contributed by atoms with E-state index in [0.717, 1.165) is 16.0 Å². The highest BCUT2D eigenvalue weighted by atomic mass is 16.5. The van der Waals surface area contributed by atoms with Crippen LogP contribution in [0.25, 0.3) is 6.08 Å². The Morgan fingerprint density at radius 2 is 1.60 bits per heavy atom. The van der Waals surface area contributed by atoms with E-state index in [4.69, 9.17) is 4.74 Å². The van der Waals surface area contributed by atoms with Crippen LogP contribution in [0, 0.1) is 6.92 Å². The van der Waals surface area contributed by atoms with E-state index in [1.165, 1.54) is 6.08 Å². The monoisotopic (exact) mass is 335 g/mol. The Labute approximate surface area is 145 Å². The number of amides is 2. The molecule has 0 unspecified atom stereocenters. The van der Waals surface area contributed by atoms with Gasteiger partial charge in [-0.3, -0.25) is 14.5 Å². The van der Waals surface area contributed by atoms with Gasteiger partial charge in [-0.05, 0) is 36.3 Å². The van der Waals surface area contributed by atoms with E-state index in [1.54, 1.807) is 30.3 Å². The number of hydrogen-bond acceptors (Lipinski definition) is 4. The molecule has 0 atom stereocenters. The van der Waals surface area contributed by atoms with Crippen LogP contribution in [0.2, 0.25) is 0 Å². The summed E-state index contributed by atoms with van der Waals surface area (Å²) in [7, 11) is 0. The Hall–Kier alpha value is -3.21. The van der Waals surface area contributed by atoms with Crippen molar-refractivity contribution in [1.82, 2.24) is 4.90 Å². The second-order valence-electron chi connectivity index (χ2n) is 5.66. The highest BCUT2D eigenvalue weighted by Gasteiger charge is 2.34. The molecule has 0 aliphatic carbocycles. The van der Waals surface area contributed by atoms with Crippen molar-refractivity contribution in [2.24, 2.45) is 0 Å². The third-order valence-corrected chi connectivity index (χ3v) is 4.02. The normalized spacial score (nSPS) is 13.4. The van der Waals surface area contributed by atoms with Crippen molar-refractivity contribution in [3.63, 3.8) is 0 Å². The molecule has 2 aromatic rings. The number of nitrogens with zero attached hydrogens (tertiary/aromatic N) is 1. The van der Waals surface area contributed by atoms with Crippen molar-refractivity contribution in [1.29, 1.82) is 0 Å². The summed E-state index contributed by atoms with van der Waals surface area (Å²) in [6.45, 7) is 1.95. The number of fused-ring (bicyclic) bond motifs is 1. The Kier molecular flexibility index (Phi) is 4.75. The van der Waals surface area contributed by atoms with E-state index in [0.29, 0.717) is 11.1 Å². The first-order chi connectivity index (χ1) is 12.1. The summed E-state index contributed by atoms with van der Waals surface area (Å²) in [5, 5.41) is 0. The van der Waals surface area contributed by atoms with E-state index >= 15 is 0 Å². The Morgan fingerprint density at radius 1 is 1.00 bits per heavy atom. The molecular weight excluding hydrogens is 318 g/mol. The molecule has 1 heterocycles. The van der Waals surface area contributed by atoms with Crippen LogP contribution in [-0.4, -0.2) is 35.8 Å². The number of carbonyl (C=O) groups excluding carboxylic acids is 3. The van der Waals surface area contributed by atoms with E-state index < -0.39 is 5.97 Å². The van der Waals surface area contributed by atoms with Gasteiger partial charge in [0, 0.05) is 6.08 Å². The zero-order chi connectivity index (χ0) is 17.8. The number of hydrogen-bond donors (Lipinski definition) is 0. The molecule has 1 aliphatic rings. The maximum atomic E-state index is 12.2. The number of carbonyl (C=O) groups is 3. The lowest BCUT2D eigenvalue weighted by Crippen LogP contribution is -2.33. The molecule has 0 spiro atoms. The Balaban J connectivity index is 1.54. The summed E-state index contributed by atoms with van der Waals surface area (Å²) in [6.07, 6.45) is 3.02. The highest BCUT2D eigenvalue weighted by Crippen LogP contribution is 2.21. The molecule has 5 heteroatoms. The highest BCUT2D eigenvalue weighted by molar-refractivity contribution is 6.21. The number of ether oxygens (including phenoxy) is 1. The van der Waals surface area contributed by atoms with Gasteiger partial charge >= 0.3 is 5.97 Å². The lowest BCUT2D eigenvalue weighted by atomic mass is 10.1. The molecule has 25 heavy (non-hydrogen) atoms. The molecule has 1 aliphatic heterocycles. The summed E-state index contributed by atoms with van der Waals surface area (Å²) < 4.78 is 5.09. The van der Waals surface area contributed by atoms with E-state index in [-0.39, 0.29) is 25.0 Å². The summed E-state index contributed by atoms with van der Waals surface area (Å²) in [5.41, 5.74) is 2.76. The van der Waals surface area contributed by atoms with Crippen molar-refractivity contribution in [2.45, 2.75) is 6.92 Å². The van der Waals surface area contributed by atoms with Crippen LogP contribution in [0.4, 0.5) is 0 Å². The summed E-state index contributed by atoms with van der Waals surface area (Å²) in [4.78, 5) is 37.2.